The molecule has 0 unspecified atom stereocenters. The van der Waals surface area contributed by atoms with Crippen LogP contribution in [0.3, 0.4) is 0 Å². The van der Waals surface area contributed by atoms with E-state index in [1.807, 2.05) is 36.4 Å². The van der Waals surface area contributed by atoms with Gasteiger partial charge in [0.1, 0.15) is 0 Å². The maximum atomic E-state index is 12.7. The molecule has 1 amide bonds. The van der Waals surface area contributed by atoms with Crippen LogP contribution in [0.1, 0.15) is 15.9 Å². The summed E-state index contributed by atoms with van der Waals surface area (Å²) in [6.45, 7) is 0.382. The van der Waals surface area contributed by atoms with E-state index < -0.39 is 0 Å². The lowest BCUT2D eigenvalue weighted by molar-refractivity contribution is 0.0947. The van der Waals surface area contributed by atoms with Gasteiger partial charge in [-0.2, -0.15) is 0 Å². The Bertz CT molecular complexity index is 1190. The van der Waals surface area contributed by atoms with E-state index in [0.29, 0.717) is 34.6 Å². The standard InChI is InChI=1S/C21H14N4O3/c26-19(23-12-13-8-10-22-11-9-13)14-4-3-7-17-18(14)28-21-20(27-17)24-15-5-1-2-6-16(15)25-21/h1-11H,12H2,(H,23,26). The number of nitrogens with one attached hydrogen (secondary N) is 1. The molecule has 28 heavy (non-hydrogen) atoms. The third-order valence-corrected chi connectivity index (χ3v) is 4.34. The molecule has 0 fully saturated rings. The summed E-state index contributed by atoms with van der Waals surface area (Å²) in [5, 5.41) is 2.88. The molecule has 0 atom stereocenters. The topological polar surface area (TPSA) is 86.2 Å². The van der Waals surface area contributed by atoms with E-state index in [9.17, 15) is 4.79 Å². The summed E-state index contributed by atoms with van der Waals surface area (Å²) in [4.78, 5) is 25.6. The van der Waals surface area contributed by atoms with Crippen molar-refractivity contribution in [2.45, 2.75) is 6.54 Å². The van der Waals surface area contributed by atoms with Crippen LogP contribution in [0.5, 0.6) is 23.3 Å². The van der Waals surface area contributed by atoms with Gasteiger partial charge in [0.25, 0.3) is 17.7 Å². The zero-order valence-corrected chi connectivity index (χ0v) is 14.6. The Kier molecular flexibility index (Phi) is 3.83. The summed E-state index contributed by atoms with van der Waals surface area (Å²) >= 11 is 0. The van der Waals surface area contributed by atoms with Crippen LogP contribution < -0.4 is 14.8 Å². The van der Waals surface area contributed by atoms with Crippen molar-refractivity contribution in [1.29, 1.82) is 0 Å². The third-order valence-electron chi connectivity index (χ3n) is 4.34. The third kappa shape index (κ3) is 2.88. The Labute approximate surface area is 160 Å². The number of carbonyl (C=O) groups excluding carboxylic acids is 1. The molecule has 1 aliphatic heterocycles. The largest absolute Gasteiger partial charge is 0.431 e. The van der Waals surface area contributed by atoms with Gasteiger partial charge in [0.15, 0.2) is 11.5 Å². The van der Waals surface area contributed by atoms with Crippen LogP contribution in [0.4, 0.5) is 0 Å². The fourth-order valence-corrected chi connectivity index (χ4v) is 2.96. The van der Waals surface area contributed by atoms with E-state index in [2.05, 4.69) is 20.3 Å². The first kappa shape index (κ1) is 16.2. The van der Waals surface area contributed by atoms with Gasteiger partial charge in [-0.15, -0.1) is 0 Å². The number of para-hydroxylation sites is 3. The summed E-state index contributed by atoms with van der Waals surface area (Å²) in [6, 6.07) is 16.3. The summed E-state index contributed by atoms with van der Waals surface area (Å²) < 4.78 is 11.8. The lowest BCUT2D eigenvalue weighted by Crippen LogP contribution is -2.23. The molecule has 0 radical (unpaired) electrons. The van der Waals surface area contributed by atoms with E-state index >= 15 is 0 Å². The number of benzene rings is 2. The molecule has 2 aromatic heterocycles. The first-order valence-electron chi connectivity index (χ1n) is 8.70. The van der Waals surface area contributed by atoms with E-state index in [4.69, 9.17) is 9.47 Å². The van der Waals surface area contributed by atoms with E-state index in [-0.39, 0.29) is 17.7 Å². The second-order valence-corrected chi connectivity index (χ2v) is 6.20. The van der Waals surface area contributed by atoms with Crippen LogP contribution in [0.25, 0.3) is 11.0 Å². The first-order chi connectivity index (χ1) is 13.8. The molecule has 0 spiro atoms. The molecule has 4 aromatic rings. The minimum atomic E-state index is -0.269. The van der Waals surface area contributed by atoms with Gasteiger partial charge in [-0.25, -0.2) is 9.97 Å². The monoisotopic (exact) mass is 370 g/mol. The van der Waals surface area contributed by atoms with Crippen molar-refractivity contribution in [3.63, 3.8) is 0 Å². The molecule has 1 N–H and O–H groups in total. The van der Waals surface area contributed by atoms with Gasteiger partial charge >= 0.3 is 0 Å². The van der Waals surface area contributed by atoms with E-state index in [0.717, 1.165) is 5.56 Å². The number of rotatable bonds is 3. The van der Waals surface area contributed by atoms with Crippen LogP contribution in [0.2, 0.25) is 0 Å². The smallest absolute Gasteiger partial charge is 0.284 e. The maximum absolute atomic E-state index is 12.7. The maximum Gasteiger partial charge on any atom is 0.284 e. The molecule has 1 aliphatic rings. The Hall–Kier alpha value is -4.00. The quantitative estimate of drug-likeness (QED) is 0.519. The van der Waals surface area contributed by atoms with Gasteiger partial charge in [0.05, 0.1) is 16.6 Å². The second kappa shape index (κ2) is 6.62. The van der Waals surface area contributed by atoms with Crippen molar-refractivity contribution in [3.05, 3.63) is 78.1 Å². The molecule has 3 heterocycles. The highest BCUT2D eigenvalue weighted by atomic mass is 16.6. The Balaban J connectivity index is 1.45. The zero-order valence-electron chi connectivity index (χ0n) is 14.6. The van der Waals surface area contributed by atoms with Crippen LogP contribution in [0.15, 0.2) is 67.0 Å². The van der Waals surface area contributed by atoms with Crippen LogP contribution >= 0.6 is 0 Å². The van der Waals surface area contributed by atoms with Gasteiger partial charge in [-0.3, -0.25) is 9.78 Å². The molecule has 0 bridgehead atoms. The predicted molar refractivity (Wildman–Crippen MR) is 102 cm³/mol. The van der Waals surface area contributed by atoms with Gasteiger partial charge in [0.2, 0.25) is 0 Å². The van der Waals surface area contributed by atoms with Crippen molar-refractivity contribution in [3.8, 4) is 23.3 Å². The number of hydrogen-bond acceptors (Lipinski definition) is 6. The highest BCUT2D eigenvalue weighted by Gasteiger charge is 2.27. The highest BCUT2D eigenvalue weighted by Crippen LogP contribution is 2.45. The molecule has 7 heteroatoms. The fourth-order valence-electron chi connectivity index (χ4n) is 2.96. The Morgan fingerprint density at radius 3 is 2.32 bits per heavy atom. The molecular weight excluding hydrogens is 356 g/mol. The van der Waals surface area contributed by atoms with Crippen molar-refractivity contribution in [2.75, 3.05) is 0 Å². The highest BCUT2D eigenvalue weighted by molar-refractivity contribution is 5.98. The molecule has 5 rings (SSSR count). The van der Waals surface area contributed by atoms with Crippen LogP contribution in [-0.2, 0) is 6.54 Å². The number of hydrogen-bond donors (Lipinski definition) is 1. The Morgan fingerprint density at radius 1 is 0.857 bits per heavy atom. The lowest BCUT2D eigenvalue weighted by atomic mass is 10.1. The van der Waals surface area contributed by atoms with E-state index in [1.165, 1.54) is 0 Å². The van der Waals surface area contributed by atoms with Crippen LogP contribution in [-0.4, -0.2) is 20.9 Å². The normalized spacial score (nSPS) is 11.7. The Morgan fingerprint density at radius 2 is 1.57 bits per heavy atom. The summed E-state index contributed by atoms with van der Waals surface area (Å²) in [5.41, 5.74) is 2.72. The van der Waals surface area contributed by atoms with Gasteiger partial charge in [0, 0.05) is 18.9 Å². The molecular formula is C21H14N4O3. The van der Waals surface area contributed by atoms with E-state index in [1.54, 1.807) is 30.6 Å². The molecule has 2 aromatic carbocycles. The predicted octanol–water partition coefficient (Wildman–Crippen LogP) is 3.85. The number of pyridine rings is 1. The average Bonchev–Trinajstić information content (AvgIpc) is 2.75. The fraction of sp³-hybridized carbons (Fsp3) is 0.0476. The first-order valence-corrected chi connectivity index (χ1v) is 8.70. The molecule has 0 aliphatic carbocycles. The van der Waals surface area contributed by atoms with Crippen molar-refractivity contribution < 1.29 is 14.3 Å². The molecule has 0 saturated carbocycles. The van der Waals surface area contributed by atoms with Crippen molar-refractivity contribution >= 4 is 16.9 Å². The number of ether oxygens (including phenoxy) is 2. The van der Waals surface area contributed by atoms with Crippen molar-refractivity contribution in [2.24, 2.45) is 0 Å². The minimum Gasteiger partial charge on any atom is -0.431 e. The number of aromatic nitrogens is 3. The van der Waals surface area contributed by atoms with Gasteiger partial charge in [-0.05, 0) is 42.0 Å². The molecule has 7 nitrogen and oxygen atoms in total. The lowest BCUT2D eigenvalue weighted by Gasteiger charge is -2.21. The van der Waals surface area contributed by atoms with Crippen molar-refractivity contribution in [1.82, 2.24) is 20.3 Å². The molecule has 136 valence electrons. The van der Waals surface area contributed by atoms with Crippen LogP contribution in [0, 0.1) is 0 Å². The number of fused-ring (bicyclic) bond motifs is 3. The van der Waals surface area contributed by atoms with Gasteiger partial charge < -0.3 is 14.8 Å². The number of amides is 1. The summed E-state index contributed by atoms with van der Waals surface area (Å²) in [7, 11) is 0. The average molecular weight is 370 g/mol. The number of carbonyl (C=O) groups is 1. The minimum absolute atomic E-state index is 0.237. The SMILES string of the molecule is O=C(NCc1ccncc1)c1cccc2c1Oc1nc3ccccc3nc1O2. The molecule has 0 saturated heterocycles. The summed E-state index contributed by atoms with van der Waals surface area (Å²) in [5.74, 6) is 0.996. The second-order valence-electron chi connectivity index (χ2n) is 6.20. The zero-order chi connectivity index (χ0) is 18.9. The van der Waals surface area contributed by atoms with Gasteiger partial charge in [-0.1, -0.05) is 18.2 Å². The summed E-state index contributed by atoms with van der Waals surface area (Å²) in [6.07, 6.45) is 3.37. The number of nitrogens with zero attached hydrogens (tertiary/aromatic N) is 3.